The Hall–Kier alpha value is -1.76. The van der Waals surface area contributed by atoms with Gasteiger partial charge in [-0.2, -0.15) is 9.90 Å². The van der Waals surface area contributed by atoms with Crippen LogP contribution in [0.2, 0.25) is 0 Å². The lowest BCUT2D eigenvalue weighted by Gasteiger charge is -2.16. The van der Waals surface area contributed by atoms with E-state index < -0.39 is 0 Å². The van der Waals surface area contributed by atoms with Crippen molar-refractivity contribution in [3.63, 3.8) is 0 Å². The SMILES string of the molecule is CCCNC(Cc1nnn(C)n1)c1cn(C)nc1C. The summed E-state index contributed by atoms with van der Waals surface area (Å²) in [5.74, 6) is 0.749. The fourth-order valence-electron chi connectivity index (χ4n) is 2.16. The maximum atomic E-state index is 4.40. The first-order valence-corrected chi connectivity index (χ1v) is 6.56. The van der Waals surface area contributed by atoms with Crippen LogP contribution >= 0.6 is 0 Å². The third-order valence-electron chi connectivity index (χ3n) is 3.00. The van der Waals surface area contributed by atoms with Crippen LogP contribution in [0.4, 0.5) is 0 Å². The van der Waals surface area contributed by atoms with Crippen LogP contribution in [-0.4, -0.2) is 36.5 Å². The van der Waals surface area contributed by atoms with E-state index in [1.807, 2.05) is 18.7 Å². The standard InChI is InChI=1S/C12H21N7/c1-5-6-13-11(7-12-14-17-19(4)16-12)10-8-18(3)15-9(10)2/h8,11,13H,5-7H2,1-4H3. The van der Waals surface area contributed by atoms with E-state index in [1.54, 1.807) is 7.05 Å². The fraction of sp³-hybridized carbons (Fsp3) is 0.667. The minimum Gasteiger partial charge on any atom is -0.309 e. The van der Waals surface area contributed by atoms with Gasteiger partial charge >= 0.3 is 0 Å². The fourth-order valence-corrected chi connectivity index (χ4v) is 2.16. The molecule has 19 heavy (non-hydrogen) atoms. The molecule has 2 rings (SSSR count). The Morgan fingerprint density at radius 3 is 2.63 bits per heavy atom. The van der Waals surface area contributed by atoms with Gasteiger partial charge < -0.3 is 5.32 Å². The topological polar surface area (TPSA) is 73.5 Å². The van der Waals surface area contributed by atoms with Gasteiger partial charge in [-0.05, 0) is 25.1 Å². The van der Waals surface area contributed by atoms with E-state index in [4.69, 9.17) is 0 Å². The third kappa shape index (κ3) is 3.37. The maximum absolute atomic E-state index is 4.40. The molecule has 1 atom stereocenters. The van der Waals surface area contributed by atoms with E-state index in [1.165, 1.54) is 10.4 Å². The molecule has 7 heteroatoms. The predicted molar refractivity (Wildman–Crippen MR) is 71.5 cm³/mol. The molecule has 0 bridgehead atoms. The summed E-state index contributed by atoms with van der Waals surface area (Å²) in [5.41, 5.74) is 2.24. The zero-order valence-corrected chi connectivity index (χ0v) is 12.0. The van der Waals surface area contributed by atoms with E-state index in [0.29, 0.717) is 0 Å². The van der Waals surface area contributed by atoms with Crippen molar-refractivity contribution in [2.24, 2.45) is 14.1 Å². The van der Waals surface area contributed by atoms with Crippen molar-refractivity contribution in [3.8, 4) is 0 Å². The molecule has 1 unspecified atom stereocenters. The molecule has 104 valence electrons. The van der Waals surface area contributed by atoms with Crippen LogP contribution in [0.1, 0.15) is 36.5 Å². The molecule has 0 aliphatic carbocycles. The van der Waals surface area contributed by atoms with Gasteiger partial charge in [0.05, 0.1) is 12.7 Å². The number of rotatable bonds is 6. The van der Waals surface area contributed by atoms with E-state index >= 15 is 0 Å². The first-order valence-electron chi connectivity index (χ1n) is 6.56. The molecule has 1 N–H and O–H groups in total. The van der Waals surface area contributed by atoms with Crippen molar-refractivity contribution in [3.05, 3.63) is 23.3 Å². The number of aromatic nitrogens is 6. The van der Waals surface area contributed by atoms with Crippen LogP contribution in [0.15, 0.2) is 6.20 Å². The van der Waals surface area contributed by atoms with Gasteiger partial charge in [-0.1, -0.05) is 6.92 Å². The Bertz CT molecular complexity index is 528. The molecule has 0 aromatic carbocycles. The maximum Gasteiger partial charge on any atom is 0.176 e. The van der Waals surface area contributed by atoms with Crippen molar-refractivity contribution in [2.75, 3.05) is 6.54 Å². The van der Waals surface area contributed by atoms with E-state index in [2.05, 4.69) is 38.9 Å². The van der Waals surface area contributed by atoms with Gasteiger partial charge in [0.1, 0.15) is 0 Å². The summed E-state index contributed by atoms with van der Waals surface area (Å²) in [4.78, 5) is 1.49. The summed E-state index contributed by atoms with van der Waals surface area (Å²) in [6, 6.07) is 0.179. The molecule has 0 fully saturated rings. The number of nitrogens with zero attached hydrogens (tertiary/aromatic N) is 6. The van der Waals surface area contributed by atoms with E-state index in [9.17, 15) is 0 Å². The Kier molecular flexibility index (Phi) is 4.26. The van der Waals surface area contributed by atoms with Crippen molar-refractivity contribution < 1.29 is 0 Å². The van der Waals surface area contributed by atoms with Gasteiger partial charge in [-0.25, -0.2) is 0 Å². The van der Waals surface area contributed by atoms with Crippen LogP contribution in [0, 0.1) is 6.92 Å². The van der Waals surface area contributed by atoms with Crippen molar-refractivity contribution >= 4 is 0 Å². The van der Waals surface area contributed by atoms with Gasteiger partial charge in [-0.15, -0.1) is 10.2 Å². The Labute approximate surface area is 113 Å². The first kappa shape index (κ1) is 13.7. The molecule has 0 radical (unpaired) electrons. The average molecular weight is 263 g/mol. The quantitative estimate of drug-likeness (QED) is 0.823. The number of hydrogen-bond acceptors (Lipinski definition) is 5. The normalized spacial score (nSPS) is 12.8. The van der Waals surface area contributed by atoms with Crippen molar-refractivity contribution in [1.82, 2.24) is 35.3 Å². The van der Waals surface area contributed by atoms with Crippen LogP contribution in [0.3, 0.4) is 0 Å². The second-order valence-electron chi connectivity index (χ2n) is 4.75. The zero-order valence-electron chi connectivity index (χ0n) is 12.0. The van der Waals surface area contributed by atoms with Crippen LogP contribution in [0.5, 0.6) is 0 Å². The molecule has 0 spiro atoms. The summed E-state index contributed by atoms with van der Waals surface area (Å²) in [6.45, 7) is 5.14. The van der Waals surface area contributed by atoms with Gasteiger partial charge in [0.15, 0.2) is 5.82 Å². The second kappa shape index (κ2) is 5.92. The second-order valence-corrected chi connectivity index (χ2v) is 4.75. The number of aryl methyl sites for hydroxylation is 3. The number of nitrogens with one attached hydrogen (secondary N) is 1. The molecule has 0 saturated heterocycles. The van der Waals surface area contributed by atoms with Crippen LogP contribution in [0.25, 0.3) is 0 Å². The van der Waals surface area contributed by atoms with E-state index in [-0.39, 0.29) is 6.04 Å². The summed E-state index contributed by atoms with van der Waals surface area (Å²) >= 11 is 0. The first-order chi connectivity index (χ1) is 9.10. The highest BCUT2D eigenvalue weighted by molar-refractivity contribution is 5.21. The average Bonchev–Trinajstić information content (AvgIpc) is 2.91. The molecule has 2 heterocycles. The predicted octanol–water partition coefficient (Wildman–Crippen LogP) is 0.535. The summed E-state index contributed by atoms with van der Waals surface area (Å²) in [7, 11) is 3.72. The molecular weight excluding hydrogens is 242 g/mol. The Morgan fingerprint density at radius 2 is 2.11 bits per heavy atom. The highest BCUT2D eigenvalue weighted by Crippen LogP contribution is 2.19. The van der Waals surface area contributed by atoms with Gasteiger partial charge in [0.2, 0.25) is 0 Å². The van der Waals surface area contributed by atoms with Crippen LogP contribution < -0.4 is 5.32 Å². The molecule has 2 aromatic heterocycles. The molecular formula is C12H21N7. The third-order valence-corrected chi connectivity index (χ3v) is 3.00. The lowest BCUT2D eigenvalue weighted by atomic mass is 10.0. The van der Waals surface area contributed by atoms with Gasteiger partial charge in [0, 0.05) is 31.3 Å². The molecule has 2 aromatic rings. The van der Waals surface area contributed by atoms with Crippen molar-refractivity contribution in [2.45, 2.75) is 32.7 Å². The Morgan fingerprint density at radius 1 is 1.32 bits per heavy atom. The highest BCUT2D eigenvalue weighted by Gasteiger charge is 2.18. The molecule has 7 nitrogen and oxygen atoms in total. The summed E-state index contributed by atoms with van der Waals surface area (Å²) in [6.07, 6.45) is 3.86. The lowest BCUT2D eigenvalue weighted by Crippen LogP contribution is -2.25. The zero-order chi connectivity index (χ0) is 13.8. The molecule has 0 aliphatic rings. The highest BCUT2D eigenvalue weighted by atomic mass is 15.6. The summed E-state index contributed by atoms with van der Waals surface area (Å²) in [5, 5.41) is 20.1. The monoisotopic (exact) mass is 263 g/mol. The number of tetrazole rings is 1. The minimum atomic E-state index is 0.179. The molecule has 0 saturated carbocycles. The van der Waals surface area contributed by atoms with E-state index in [0.717, 1.165) is 30.9 Å². The largest absolute Gasteiger partial charge is 0.309 e. The van der Waals surface area contributed by atoms with Crippen LogP contribution in [-0.2, 0) is 20.5 Å². The molecule has 0 amide bonds. The molecule has 0 aliphatic heterocycles. The number of hydrogen-bond donors (Lipinski definition) is 1. The van der Waals surface area contributed by atoms with Gasteiger partial charge in [0.25, 0.3) is 0 Å². The lowest BCUT2D eigenvalue weighted by molar-refractivity contribution is 0.514. The smallest absolute Gasteiger partial charge is 0.176 e. The van der Waals surface area contributed by atoms with Gasteiger partial charge in [-0.3, -0.25) is 4.68 Å². The summed E-state index contributed by atoms with van der Waals surface area (Å²) < 4.78 is 1.84. The Balaban J connectivity index is 2.18. The minimum absolute atomic E-state index is 0.179. The van der Waals surface area contributed by atoms with Crippen molar-refractivity contribution in [1.29, 1.82) is 0 Å².